The van der Waals surface area contributed by atoms with E-state index in [1.807, 2.05) is 6.92 Å². The Kier molecular flexibility index (Phi) is 3.99. The largest absolute Gasteiger partial charge is 0.405 e. The van der Waals surface area contributed by atoms with Crippen LogP contribution in [-0.2, 0) is 0 Å². The minimum Gasteiger partial charge on any atom is -0.358 e. The van der Waals surface area contributed by atoms with Crippen molar-refractivity contribution in [2.45, 2.75) is 44.4 Å². The van der Waals surface area contributed by atoms with E-state index in [9.17, 15) is 13.2 Å². The SMILES string of the molecule is CC[C@@H](N)c1ccc(N(CC(F)(F)F)C2CC2)cn1. The zero-order valence-electron chi connectivity index (χ0n) is 10.8. The summed E-state index contributed by atoms with van der Waals surface area (Å²) < 4.78 is 37.7. The van der Waals surface area contributed by atoms with E-state index >= 15 is 0 Å². The lowest BCUT2D eigenvalue weighted by molar-refractivity contribution is -0.120. The van der Waals surface area contributed by atoms with Crippen molar-refractivity contribution in [2.24, 2.45) is 5.73 Å². The molecule has 0 amide bonds. The van der Waals surface area contributed by atoms with Gasteiger partial charge in [-0.3, -0.25) is 4.98 Å². The summed E-state index contributed by atoms with van der Waals surface area (Å²) in [5, 5.41) is 0. The van der Waals surface area contributed by atoms with E-state index in [4.69, 9.17) is 5.73 Å². The molecule has 0 bridgehead atoms. The molecule has 1 heterocycles. The van der Waals surface area contributed by atoms with Crippen LogP contribution in [0.25, 0.3) is 0 Å². The standard InChI is InChI=1S/C13H18F3N3/c1-2-11(17)12-6-5-10(7-18-12)19(9-3-4-9)8-13(14,15)16/h5-7,9,11H,2-4,8,17H2,1H3/t11-/m1/s1. The molecule has 0 radical (unpaired) electrons. The molecule has 2 rings (SSSR count). The van der Waals surface area contributed by atoms with Crippen LogP contribution < -0.4 is 10.6 Å². The molecule has 106 valence electrons. The molecule has 3 nitrogen and oxygen atoms in total. The van der Waals surface area contributed by atoms with E-state index in [1.54, 1.807) is 12.1 Å². The molecule has 2 N–H and O–H groups in total. The number of hydrogen-bond acceptors (Lipinski definition) is 3. The van der Waals surface area contributed by atoms with Gasteiger partial charge in [0.05, 0.1) is 17.6 Å². The number of nitrogens with zero attached hydrogens (tertiary/aromatic N) is 2. The summed E-state index contributed by atoms with van der Waals surface area (Å²) in [5.74, 6) is 0. The van der Waals surface area contributed by atoms with E-state index < -0.39 is 12.7 Å². The van der Waals surface area contributed by atoms with Gasteiger partial charge in [0, 0.05) is 12.1 Å². The maximum absolute atomic E-state index is 12.6. The molecule has 1 aromatic heterocycles. The first-order valence-electron chi connectivity index (χ1n) is 6.45. The number of pyridine rings is 1. The van der Waals surface area contributed by atoms with E-state index in [0.717, 1.165) is 19.3 Å². The Bertz CT molecular complexity index is 412. The van der Waals surface area contributed by atoms with Gasteiger partial charge in [-0.15, -0.1) is 0 Å². The fourth-order valence-electron chi connectivity index (χ4n) is 2.01. The number of nitrogens with two attached hydrogens (primary N) is 1. The Morgan fingerprint density at radius 1 is 1.42 bits per heavy atom. The third-order valence-corrected chi connectivity index (χ3v) is 3.26. The molecule has 1 aliphatic carbocycles. The maximum atomic E-state index is 12.6. The fraction of sp³-hybridized carbons (Fsp3) is 0.615. The monoisotopic (exact) mass is 273 g/mol. The number of rotatable bonds is 5. The second-order valence-electron chi connectivity index (χ2n) is 4.93. The van der Waals surface area contributed by atoms with E-state index in [-0.39, 0.29) is 12.1 Å². The van der Waals surface area contributed by atoms with Gasteiger partial charge in [-0.2, -0.15) is 13.2 Å². The molecule has 1 saturated carbocycles. The number of halogens is 3. The van der Waals surface area contributed by atoms with Gasteiger partial charge in [0.25, 0.3) is 0 Å². The van der Waals surface area contributed by atoms with Crippen molar-refractivity contribution in [3.05, 3.63) is 24.0 Å². The lowest BCUT2D eigenvalue weighted by Gasteiger charge is -2.25. The molecule has 1 aromatic rings. The van der Waals surface area contributed by atoms with Crippen molar-refractivity contribution in [3.8, 4) is 0 Å². The molecule has 1 aliphatic rings. The highest BCUT2D eigenvalue weighted by molar-refractivity contribution is 5.47. The summed E-state index contributed by atoms with van der Waals surface area (Å²) in [6, 6.07) is 3.23. The first-order valence-corrected chi connectivity index (χ1v) is 6.45. The van der Waals surface area contributed by atoms with Crippen molar-refractivity contribution < 1.29 is 13.2 Å². The van der Waals surface area contributed by atoms with Crippen LogP contribution in [0.4, 0.5) is 18.9 Å². The minimum absolute atomic E-state index is 0.00544. The molecule has 0 spiro atoms. The molecule has 0 aromatic carbocycles. The minimum atomic E-state index is -4.19. The summed E-state index contributed by atoms with van der Waals surface area (Å²) >= 11 is 0. The summed E-state index contributed by atoms with van der Waals surface area (Å²) in [7, 11) is 0. The second kappa shape index (κ2) is 5.36. The van der Waals surface area contributed by atoms with Crippen LogP contribution in [-0.4, -0.2) is 23.7 Å². The van der Waals surface area contributed by atoms with Crippen molar-refractivity contribution >= 4 is 5.69 Å². The van der Waals surface area contributed by atoms with E-state index in [0.29, 0.717) is 11.4 Å². The molecule has 0 unspecified atom stereocenters. The summed E-state index contributed by atoms with van der Waals surface area (Å²) in [4.78, 5) is 5.56. The van der Waals surface area contributed by atoms with E-state index in [2.05, 4.69) is 4.98 Å². The quantitative estimate of drug-likeness (QED) is 0.896. The van der Waals surface area contributed by atoms with Crippen LogP contribution >= 0.6 is 0 Å². The smallest absolute Gasteiger partial charge is 0.358 e. The van der Waals surface area contributed by atoms with Gasteiger partial charge in [-0.1, -0.05) is 6.92 Å². The van der Waals surface area contributed by atoms with Crippen molar-refractivity contribution in [1.29, 1.82) is 0 Å². The highest BCUT2D eigenvalue weighted by atomic mass is 19.4. The fourth-order valence-corrected chi connectivity index (χ4v) is 2.01. The Morgan fingerprint density at radius 2 is 2.11 bits per heavy atom. The van der Waals surface area contributed by atoms with Crippen molar-refractivity contribution in [1.82, 2.24) is 4.98 Å². The van der Waals surface area contributed by atoms with Crippen LogP contribution in [0.1, 0.15) is 37.9 Å². The van der Waals surface area contributed by atoms with Crippen molar-refractivity contribution in [3.63, 3.8) is 0 Å². The molecular formula is C13H18F3N3. The number of hydrogen-bond donors (Lipinski definition) is 1. The Balaban J connectivity index is 2.13. The summed E-state index contributed by atoms with van der Waals surface area (Å²) in [6.07, 6.45) is -0.324. The zero-order valence-corrected chi connectivity index (χ0v) is 10.8. The van der Waals surface area contributed by atoms with Crippen LogP contribution in [0.5, 0.6) is 0 Å². The topological polar surface area (TPSA) is 42.1 Å². The molecule has 6 heteroatoms. The normalized spacial score (nSPS) is 17.3. The zero-order chi connectivity index (χ0) is 14.0. The third kappa shape index (κ3) is 3.83. The third-order valence-electron chi connectivity index (χ3n) is 3.26. The first kappa shape index (κ1) is 14.1. The van der Waals surface area contributed by atoms with Crippen LogP contribution in [0, 0.1) is 0 Å². The highest BCUT2D eigenvalue weighted by Gasteiger charge is 2.38. The number of alkyl halides is 3. The Labute approximate surface area is 110 Å². The first-order chi connectivity index (χ1) is 8.90. The van der Waals surface area contributed by atoms with Crippen LogP contribution in [0.2, 0.25) is 0 Å². The van der Waals surface area contributed by atoms with Gasteiger partial charge in [-0.05, 0) is 31.4 Å². The Morgan fingerprint density at radius 3 is 2.53 bits per heavy atom. The summed E-state index contributed by atoms with van der Waals surface area (Å²) in [5.41, 5.74) is 7.08. The predicted octanol–water partition coefficient (Wildman–Crippen LogP) is 3.02. The van der Waals surface area contributed by atoms with Gasteiger partial charge in [0.15, 0.2) is 0 Å². The summed E-state index contributed by atoms with van der Waals surface area (Å²) in [6.45, 7) is 1.03. The van der Waals surface area contributed by atoms with Crippen LogP contribution in [0.3, 0.4) is 0 Å². The molecular weight excluding hydrogens is 255 g/mol. The molecule has 1 fully saturated rings. The average molecular weight is 273 g/mol. The molecule has 0 saturated heterocycles. The van der Waals surface area contributed by atoms with Crippen molar-refractivity contribution in [2.75, 3.05) is 11.4 Å². The predicted molar refractivity (Wildman–Crippen MR) is 67.9 cm³/mol. The molecule has 0 aliphatic heterocycles. The maximum Gasteiger partial charge on any atom is 0.405 e. The van der Waals surface area contributed by atoms with Gasteiger partial charge in [0.2, 0.25) is 0 Å². The van der Waals surface area contributed by atoms with Gasteiger partial charge >= 0.3 is 6.18 Å². The molecule has 19 heavy (non-hydrogen) atoms. The Hall–Kier alpha value is -1.30. The highest BCUT2D eigenvalue weighted by Crippen LogP contribution is 2.34. The van der Waals surface area contributed by atoms with Gasteiger partial charge < -0.3 is 10.6 Å². The lowest BCUT2D eigenvalue weighted by Crippen LogP contribution is -2.36. The second-order valence-corrected chi connectivity index (χ2v) is 4.93. The van der Waals surface area contributed by atoms with Crippen LogP contribution in [0.15, 0.2) is 18.3 Å². The van der Waals surface area contributed by atoms with Gasteiger partial charge in [-0.25, -0.2) is 0 Å². The number of aromatic nitrogens is 1. The lowest BCUT2D eigenvalue weighted by atomic mass is 10.1. The van der Waals surface area contributed by atoms with Gasteiger partial charge in [0.1, 0.15) is 6.54 Å². The molecule has 1 atom stereocenters. The van der Waals surface area contributed by atoms with E-state index in [1.165, 1.54) is 11.1 Å². The average Bonchev–Trinajstić information content (AvgIpc) is 3.18. The number of anilines is 1.